The molecular formula is C19H19Cl2NO4S. The molecule has 1 aliphatic heterocycles. The second-order valence-electron chi connectivity index (χ2n) is 5.93. The monoisotopic (exact) mass is 427 g/mol. The molecule has 3 rings (SSSR count). The number of carboxylic acids is 1. The lowest BCUT2D eigenvalue weighted by Crippen LogP contribution is -2.21. The highest BCUT2D eigenvalue weighted by molar-refractivity contribution is 8.01. The van der Waals surface area contributed by atoms with E-state index in [-0.39, 0.29) is 5.37 Å². The summed E-state index contributed by atoms with van der Waals surface area (Å²) in [5.74, 6) is 0.433. The van der Waals surface area contributed by atoms with Crippen molar-refractivity contribution in [2.24, 2.45) is 0 Å². The highest BCUT2D eigenvalue weighted by atomic mass is 35.5. The van der Waals surface area contributed by atoms with E-state index in [0.29, 0.717) is 41.3 Å². The second kappa shape index (κ2) is 9.06. The Morgan fingerprint density at radius 3 is 2.67 bits per heavy atom. The molecule has 0 radical (unpaired) electrons. The zero-order valence-corrected chi connectivity index (χ0v) is 16.9. The molecule has 1 fully saturated rings. The number of halogens is 2. The van der Waals surface area contributed by atoms with Crippen LogP contribution in [0.2, 0.25) is 10.0 Å². The first-order valence-electron chi connectivity index (χ1n) is 8.43. The molecule has 144 valence electrons. The maximum atomic E-state index is 11.1. The van der Waals surface area contributed by atoms with E-state index in [9.17, 15) is 4.79 Å². The van der Waals surface area contributed by atoms with Gasteiger partial charge in [-0.2, -0.15) is 0 Å². The Morgan fingerprint density at radius 2 is 2.00 bits per heavy atom. The minimum absolute atomic E-state index is 0.0885. The molecule has 0 amide bonds. The number of nitrogens with one attached hydrogen (secondary N) is 1. The number of benzene rings is 2. The van der Waals surface area contributed by atoms with Crippen molar-refractivity contribution in [3.8, 4) is 11.5 Å². The Bertz CT molecular complexity index is 833. The number of thioether (sulfide) groups is 1. The first-order valence-corrected chi connectivity index (χ1v) is 10.1. The summed E-state index contributed by atoms with van der Waals surface area (Å²) in [7, 11) is 0. The number of rotatable bonds is 7. The van der Waals surface area contributed by atoms with Crippen LogP contribution in [0.4, 0.5) is 0 Å². The van der Waals surface area contributed by atoms with Gasteiger partial charge in [0.25, 0.3) is 0 Å². The van der Waals surface area contributed by atoms with E-state index in [0.717, 1.165) is 11.1 Å². The molecule has 8 heteroatoms. The molecule has 0 saturated carbocycles. The highest BCUT2D eigenvalue weighted by Gasteiger charge is 2.31. The standard InChI is InChI=1S/C19H19Cl2NO4S/c1-2-25-16-8-12(18-22-9-17(27-18)19(23)24)4-6-15(16)26-10-11-3-5-13(20)14(21)7-11/h3-8,17-18,22H,2,9-10H2,1H3,(H,23,24)/t17-,18+/m0/s1. The van der Waals surface area contributed by atoms with Crippen LogP contribution in [-0.2, 0) is 11.4 Å². The molecule has 1 saturated heterocycles. The van der Waals surface area contributed by atoms with Gasteiger partial charge in [0.1, 0.15) is 11.9 Å². The molecule has 5 nitrogen and oxygen atoms in total. The number of aliphatic carboxylic acids is 1. The summed E-state index contributed by atoms with van der Waals surface area (Å²) >= 11 is 13.4. The minimum Gasteiger partial charge on any atom is -0.490 e. The van der Waals surface area contributed by atoms with Crippen molar-refractivity contribution < 1.29 is 19.4 Å². The fraction of sp³-hybridized carbons (Fsp3) is 0.316. The van der Waals surface area contributed by atoms with Crippen LogP contribution >= 0.6 is 35.0 Å². The predicted molar refractivity (Wildman–Crippen MR) is 108 cm³/mol. The molecule has 0 unspecified atom stereocenters. The van der Waals surface area contributed by atoms with Crippen LogP contribution < -0.4 is 14.8 Å². The lowest BCUT2D eigenvalue weighted by molar-refractivity contribution is -0.136. The van der Waals surface area contributed by atoms with Crippen LogP contribution in [-0.4, -0.2) is 29.5 Å². The summed E-state index contributed by atoms with van der Waals surface area (Å²) in [5.41, 5.74) is 1.85. The van der Waals surface area contributed by atoms with Gasteiger partial charge in [-0.15, -0.1) is 11.8 Å². The van der Waals surface area contributed by atoms with Crippen LogP contribution in [0.15, 0.2) is 36.4 Å². The smallest absolute Gasteiger partial charge is 0.318 e. The average molecular weight is 428 g/mol. The number of hydrogen-bond donors (Lipinski definition) is 2. The van der Waals surface area contributed by atoms with Gasteiger partial charge in [0.15, 0.2) is 11.5 Å². The summed E-state index contributed by atoms with van der Waals surface area (Å²) in [4.78, 5) is 11.1. The maximum absolute atomic E-state index is 11.1. The zero-order chi connectivity index (χ0) is 19.4. The van der Waals surface area contributed by atoms with Gasteiger partial charge in [0, 0.05) is 6.54 Å². The molecule has 2 aromatic carbocycles. The molecule has 1 heterocycles. The third-order valence-corrected chi connectivity index (χ3v) is 6.16. The van der Waals surface area contributed by atoms with Gasteiger partial charge in [0.05, 0.1) is 22.0 Å². The van der Waals surface area contributed by atoms with Crippen molar-refractivity contribution in [2.75, 3.05) is 13.2 Å². The number of carbonyl (C=O) groups is 1. The highest BCUT2D eigenvalue weighted by Crippen LogP contribution is 2.39. The molecule has 0 aromatic heterocycles. The Morgan fingerprint density at radius 1 is 1.19 bits per heavy atom. The quantitative estimate of drug-likeness (QED) is 0.663. The van der Waals surface area contributed by atoms with E-state index in [1.165, 1.54) is 11.8 Å². The predicted octanol–water partition coefficient (Wildman–Crippen LogP) is 4.76. The van der Waals surface area contributed by atoms with E-state index in [1.807, 2.05) is 31.2 Å². The fourth-order valence-electron chi connectivity index (χ4n) is 2.68. The molecular weight excluding hydrogens is 409 g/mol. The van der Waals surface area contributed by atoms with E-state index >= 15 is 0 Å². The van der Waals surface area contributed by atoms with Gasteiger partial charge in [-0.05, 0) is 42.3 Å². The van der Waals surface area contributed by atoms with E-state index < -0.39 is 11.2 Å². The summed E-state index contributed by atoms with van der Waals surface area (Å²) < 4.78 is 11.6. The van der Waals surface area contributed by atoms with Crippen LogP contribution in [0.5, 0.6) is 11.5 Å². The van der Waals surface area contributed by atoms with Gasteiger partial charge in [0.2, 0.25) is 0 Å². The van der Waals surface area contributed by atoms with Crippen LogP contribution in [0.1, 0.15) is 23.4 Å². The Balaban J connectivity index is 1.73. The molecule has 0 aliphatic carbocycles. The Labute approximate surface area is 171 Å². The molecule has 2 atom stereocenters. The van der Waals surface area contributed by atoms with Crippen molar-refractivity contribution in [1.82, 2.24) is 5.32 Å². The topological polar surface area (TPSA) is 67.8 Å². The SMILES string of the molecule is CCOc1cc([C@@H]2NC[C@@H](C(=O)O)S2)ccc1OCc1ccc(Cl)c(Cl)c1. The van der Waals surface area contributed by atoms with Crippen molar-refractivity contribution >= 4 is 40.9 Å². The molecule has 27 heavy (non-hydrogen) atoms. The van der Waals surface area contributed by atoms with Gasteiger partial charge in [-0.3, -0.25) is 10.1 Å². The Kier molecular flexibility index (Phi) is 6.76. The van der Waals surface area contributed by atoms with Crippen molar-refractivity contribution in [1.29, 1.82) is 0 Å². The normalized spacial score (nSPS) is 19.1. The fourth-order valence-corrected chi connectivity index (χ4v) is 4.14. The third kappa shape index (κ3) is 5.02. The van der Waals surface area contributed by atoms with Crippen LogP contribution in [0.25, 0.3) is 0 Å². The molecule has 1 aliphatic rings. The van der Waals surface area contributed by atoms with Gasteiger partial charge >= 0.3 is 5.97 Å². The summed E-state index contributed by atoms with van der Waals surface area (Å²) in [6.45, 7) is 3.16. The van der Waals surface area contributed by atoms with Crippen LogP contribution in [0, 0.1) is 0 Å². The Hall–Kier alpha value is -1.60. The summed E-state index contributed by atoms with van der Waals surface area (Å²) in [5, 5.41) is 12.8. The minimum atomic E-state index is -0.804. The maximum Gasteiger partial charge on any atom is 0.318 e. The number of carboxylic acid groups (broad SMARTS) is 1. The zero-order valence-electron chi connectivity index (χ0n) is 14.6. The van der Waals surface area contributed by atoms with E-state index in [4.69, 9.17) is 37.8 Å². The number of ether oxygens (including phenoxy) is 2. The van der Waals surface area contributed by atoms with E-state index in [2.05, 4.69) is 5.32 Å². The first kappa shape index (κ1) is 20.1. The second-order valence-corrected chi connectivity index (χ2v) is 8.05. The molecule has 0 bridgehead atoms. The molecule has 2 aromatic rings. The lowest BCUT2D eigenvalue weighted by atomic mass is 10.2. The van der Waals surface area contributed by atoms with Gasteiger partial charge < -0.3 is 14.6 Å². The molecule has 0 spiro atoms. The number of hydrogen-bond acceptors (Lipinski definition) is 5. The van der Waals surface area contributed by atoms with Crippen molar-refractivity contribution in [2.45, 2.75) is 24.2 Å². The molecule has 2 N–H and O–H groups in total. The van der Waals surface area contributed by atoms with Gasteiger partial charge in [-0.1, -0.05) is 35.3 Å². The van der Waals surface area contributed by atoms with E-state index in [1.54, 1.807) is 12.1 Å². The van der Waals surface area contributed by atoms with Gasteiger partial charge in [-0.25, -0.2) is 0 Å². The summed E-state index contributed by atoms with van der Waals surface area (Å²) in [6.07, 6.45) is 0. The van der Waals surface area contributed by atoms with Crippen molar-refractivity contribution in [3.05, 3.63) is 57.6 Å². The van der Waals surface area contributed by atoms with Crippen LogP contribution in [0.3, 0.4) is 0 Å². The lowest BCUT2D eigenvalue weighted by Gasteiger charge is -2.16. The largest absolute Gasteiger partial charge is 0.490 e. The first-order chi connectivity index (χ1) is 13.0. The average Bonchev–Trinajstić information content (AvgIpc) is 3.14. The third-order valence-electron chi connectivity index (χ3n) is 4.01. The summed E-state index contributed by atoms with van der Waals surface area (Å²) in [6, 6.07) is 11.0. The van der Waals surface area contributed by atoms with Crippen molar-refractivity contribution in [3.63, 3.8) is 0 Å².